The maximum Gasteiger partial charge on any atom is 0.387 e. The fraction of sp³-hybridized carbons (Fsp3) is 0.625. The zero-order chi connectivity index (χ0) is 15.7. The number of rotatable bonds is 10. The van der Waals surface area contributed by atoms with Crippen molar-refractivity contribution in [2.24, 2.45) is 0 Å². The molecular formula is C16H25F2NO2. The largest absolute Gasteiger partial charge is 0.435 e. The molecule has 0 aromatic heterocycles. The van der Waals surface area contributed by atoms with Gasteiger partial charge in [-0.2, -0.15) is 8.78 Å². The van der Waals surface area contributed by atoms with E-state index in [1.54, 1.807) is 12.1 Å². The van der Waals surface area contributed by atoms with E-state index in [-0.39, 0.29) is 17.9 Å². The van der Waals surface area contributed by atoms with Gasteiger partial charge in [0.05, 0.1) is 6.10 Å². The van der Waals surface area contributed by atoms with Gasteiger partial charge in [0.15, 0.2) is 0 Å². The molecule has 3 nitrogen and oxygen atoms in total. The normalized spacial score (nSPS) is 12.9. The molecule has 0 radical (unpaired) electrons. The molecule has 5 heteroatoms. The average Bonchev–Trinajstić information content (AvgIpc) is 2.41. The highest BCUT2D eigenvalue weighted by Crippen LogP contribution is 2.20. The summed E-state index contributed by atoms with van der Waals surface area (Å²) in [4.78, 5) is 0. The van der Waals surface area contributed by atoms with E-state index in [2.05, 4.69) is 10.1 Å². The minimum atomic E-state index is -2.79. The predicted octanol–water partition coefficient (Wildman–Crippen LogP) is 4.14. The molecule has 0 spiro atoms. The van der Waals surface area contributed by atoms with Crippen LogP contribution in [0.25, 0.3) is 0 Å². The van der Waals surface area contributed by atoms with E-state index in [0.29, 0.717) is 0 Å². The Morgan fingerprint density at radius 1 is 1.14 bits per heavy atom. The van der Waals surface area contributed by atoms with E-state index >= 15 is 0 Å². The molecule has 0 amide bonds. The number of unbranched alkanes of at least 4 members (excludes halogenated alkanes) is 1. The maximum atomic E-state index is 12.2. The summed E-state index contributed by atoms with van der Waals surface area (Å²) in [6.45, 7) is 4.90. The van der Waals surface area contributed by atoms with Gasteiger partial charge in [0, 0.05) is 12.6 Å². The number of hydrogen-bond donors (Lipinski definition) is 1. The number of hydrogen-bond acceptors (Lipinski definition) is 3. The molecule has 0 heterocycles. The van der Waals surface area contributed by atoms with Crippen LogP contribution in [0, 0.1) is 0 Å². The minimum absolute atomic E-state index is 0.0947. The van der Waals surface area contributed by atoms with Gasteiger partial charge in [-0.15, -0.1) is 0 Å². The molecule has 0 fully saturated rings. The van der Waals surface area contributed by atoms with Crippen LogP contribution in [0.2, 0.25) is 0 Å². The first kappa shape index (κ1) is 17.9. The fourth-order valence-electron chi connectivity index (χ4n) is 1.94. The molecular weight excluding hydrogens is 276 g/mol. The van der Waals surface area contributed by atoms with Crippen molar-refractivity contribution in [1.29, 1.82) is 0 Å². The van der Waals surface area contributed by atoms with E-state index < -0.39 is 6.61 Å². The van der Waals surface area contributed by atoms with Crippen molar-refractivity contribution >= 4 is 0 Å². The van der Waals surface area contributed by atoms with Gasteiger partial charge in [0.2, 0.25) is 0 Å². The lowest BCUT2D eigenvalue weighted by molar-refractivity contribution is -0.0499. The third kappa shape index (κ3) is 7.97. The summed E-state index contributed by atoms with van der Waals surface area (Å²) in [5.74, 6) is 0.196. The van der Waals surface area contributed by atoms with Gasteiger partial charge in [-0.05, 0) is 57.9 Å². The highest BCUT2D eigenvalue weighted by molar-refractivity contribution is 5.30. The molecule has 0 aliphatic carbocycles. The molecule has 1 aromatic rings. The molecule has 0 aliphatic heterocycles. The van der Waals surface area contributed by atoms with Crippen LogP contribution in [-0.2, 0) is 4.74 Å². The van der Waals surface area contributed by atoms with E-state index in [9.17, 15) is 8.78 Å². The van der Waals surface area contributed by atoms with Crippen LogP contribution in [-0.4, -0.2) is 25.9 Å². The Balaban J connectivity index is 2.29. The highest BCUT2D eigenvalue weighted by atomic mass is 19.3. The summed E-state index contributed by atoms with van der Waals surface area (Å²) in [6.07, 6.45) is 2.30. The van der Waals surface area contributed by atoms with Crippen LogP contribution >= 0.6 is 0 Å². The summed E-state index contributed by atoms with van der Waals surface area (Å²) in [7, 11) is 0. The second-order valence-electron chi connectivity index (χ2n) is 5.25. The van der Waals surface area contributed by atoms with Crippen molar-refractivity contribution in [1.82, 2.24) is 5.32 Å². The highest BCUT2D eigenvalue weighted by Gasteiger charge is 2.08. The molecule has 1 atom stereocenters. The van der Waals surface area contributed by atoms with Crippen molar-refractivity contribution in [3.63, 3.8) is 0 Å². The second kappa shape index (κ2) is 9.68. The van der Waals surface area contributed by atoms with Gasteiger partial charge in [0.25, 0.3) is 0 Å². The van der Waals surface area contributed by atoms with Gasteiger partial charge in [-0.25, -0.2) is 0 Å². The first-order chi connectivity index (χ1) is 9.99. The van der Waals surface area contributed by atoms with Gasteiger partial charge in [-0.1, -0.05) is 12.1 Å². The van der Waals surface area contributed by atoms with Gasteiger partial charge >= 0.3 is 6.61 Å². The van der Waals surface area contributed by atoms with Crippen LogP contribution in [0.5, 0.6) is 5.75 Å². The molecule has 1 aromatic carbocycles. The molecule has 0 saturated carbocycles. The van der Waals surface area contributed by atoms with Gasteiger partial charge in [-0.3, -0.25) is 0 Å². The maximum absolute atomic E-state index is 12.2. The third-order valence-electron chi connectivity index (χ3n) is 3.06. The first-order valence-electron chi connectivity index (χ1n) is 7.38. The monoisotopic (exact) mass is 301 g/mol. The summed E-state index contributed by atoms with van der Waals surface area (Å²) in [5, 5.41) is 3.37. The summed E-state index contributed by atoms with van der Waals surface area (Å²) in [6, 6.07) is 6.90. The van der Waals surface area contributed by atoms with Gasteiger partial charge < -0.3 is 14.8 Å². The zero-order valence-corrected chi connectivity index (χ0v) is 12.9. The van der Waals surface area contributed by atoms with E-state index in [4.69, 9.17) is 4.74 Å². The lowest BCUT2D eigenvalue weighted by Crippen LogP contribution is -2.20. The number of nitrogens with one attached hydrogen (secondary N) is 1. The summed E-state index contributed by atoms with van der Waals surface area (Å²) in [5.41, 5.74) is 0.937. The van der Waals surface area contributed by atoms with Crippen molar-refractivity contribution in [2.45, 2.75) is 52.4 Å². The Kier molecular flexibility index (Phi) is 8.23. The van der Waals surface area contributed by atoms with Crippen LogP contribution in [0.3, 0.4) is 0 Å². The van der Waals surface area contributed by atoms with Crippen molar-refractivity contribution in [3.8, 4) is 5.75 Å². The standard InChI is InChI=1S/C16H25F2NO2/c1-12(2)20-10-5-4-9-19-13(3)14-7-6-8-15(11-14)21-16(17)18/h6-8,11-13,16,19H,4-5,9-10H2,1-3H3. The van der Waals surface area contributed by atoms with Gasteiger partial charge in [0.1, 0.15) is 5.75 Å². The molecule has 1 N–H and O–H groups in total. The Labute approximate surface area is 125 Å². The quantitative estimate of drug-likeness (QED) is 0.659. The molecule has 21 heavy (non-hydrogen) atoms. The molecule has 1 rings (SSSR count). The Morgan fingerprint density at radius 3 is 2.57 bits per heavy atom. The molecule has 120 valence electrons. The van der Waals surface area contributed by atoms with Crippen LogP contribution in [0.15, 0.2) is 24.3 Å². The van der Waals surface area contributed by atoms with Crippen LogP contribution in [0.1, 0.15) is 45.2 Å². The number of benzene rings is 1. The summed E-state index contributed by atoms with van der Waals surface area (Å²) >= 11 is 0. The summed E-state index contributed by atoms with van der Waals surface area (Å²) < 4.78 is 34.2. The molecule has 1 unspecified atom stereocenters. The van der Waals surface area contributed by atoms with Crippen molar-refractivity contribution in [3.05, 3.63) is 29.8 Å². The van der Waals surface area contributed by atoms with E-state index in [1.807, 2.05) is 26.8 Å². The third-order valence-corrected chi connectivity index (χ3v) is 3.06. The molecule has 0 bridgehead atoms. The fourth-order valence-corrected chi connectivity index (χ4v) is 1.94. The topological polar surface area (TPSA) is 30.5 Å². The smallest absolute Gasteiger partial charge is 0.387 e. The minimum Gasteiger partial charge on any atom is -0.435 e. The number of alkyl halides is 2. The predicted molar refractivity (Wildman–Crippen MR) is 79.8 cm³/mol. The Bertz CT molecular complexity index is 400. The lowest BCUT2D eigenvalue weighted by atomic mass is 10.1. The number of ether oxygens (including phenoxy) is 2. The zero-order valence-electron chi connectivity index (χ0n) is 12.9. The van der Waals surface area contributed by atoms with Crippen LogP contribution < -0.4 is 10.1 Å². The van der Waals surface area contributed by atoms with Crippen molar-refractivity contribution in [2.75, 3.05) is 13.2 Å². The Morgan fingerprint density at radius 2 is 1.90 bits per heavy atom. The molecule has 0 saturated heterocycles. The SMILES string of the molecule is CC(C)OCCCCNC(C)c1cccc(OC(F)F)c1. The van der Waals surface area contributed by atoms with Crippen LogP contribution in [0.4, 0.5) is 8.78 Å². The molecule has 0 aliphatic rings. The van der Waals surface area contributed by atoms with Crippen molar-refractivity contribution < 1.29 is 18.3 Å². The number of halogens is 2. The Hall–Kier alpha value is -1.20. The lowest BCUT2D eigenvalue weighted by Gasteiger charge is -2.15. The average molecular weight is 301 g/mol. The van der Waals surface area contributed by atoms with E-state index in [0.717, 1.165) is 31.6 Å². The van der Waals surface area contributed by atoms with E-state index in [1.165, 1.54) is 6.07 Å². The first-order valence-corrected chi connectivity index (χ1v) is 7.38. The second-order valence-corrected chi connectivity index (χ2v) is 5.25.